The van der Waals surface area contributed by atoms with Gasteiger partial charge in [-0.2, -0.15) is 5.10 Å². The summed E-state index contributed by atoms with van der Waals surface area (Å²) in [6.45, 7) is 3.16. The Morgan fingerprint density at radius 3 is 2.68 bits per heavy atom. The van der Waals surface area contributed by atoms with Gasteiger partial charge in [0.05, 0.1) is 6.54 Å². The number of hydrogen-bond acceptors (Lipinski definition) is 2. The molecule has 3 rings (SSSR count). The molecule has 1 fully saturated rings. The minimum absolute atomic E-state index is 0.422. The van der Waals surface area contributed by atoms with Crippen LogP contribution in [-0.4, -0.2) is 15.8 Å². The molecule has 1 aromatic heterocycles. The van der Waals surface area contributed by atoms with Gasteiger partial charge < -0.3 is 5.32 Å². The molecule has 0 spiro atoms. The summed E-state index contributed by atoms with van der Waals surface area (Å²) in [6, 6.07) is 13.7. The third-order valence-corrected chi connectivity index (χ3v) is 3.74. The molecular formula is C16H21N3. The second kappa shape index (κ2) is 5.57. The quantitative estimate of drug-likeness (QED) is 0.860. The molecule has 1 heterocycles. The van der Waals surface area contributed by atoms with Crippen molar-refractivity contribution in [2.24, 2.45) is 5.92 Å². The highest BCUT2D eigenvalue weighted by Crippen LogP contribution is 2.41. The summed E-state index contributed by atoms with van der Waals surface area (Å²) in [7, 11) is 0. The molecule has 19 heavy (non-hydrogen) atoms. The maximum atomic E-state index is 4.27. The normalized spacial score (nSPS) is 18.2. The summed E-state index contributed by atoms with van der Waals surface area (Å²) in [5.74, 6) is 0.808. The van der Waals surface area contributed by atoms with Crippen molar-refractivity contribution in [1.29, 1.82) is 0 Å². The van der Waals surface area contributed by atoms with Crippen LogP contribution in [0.15, 0.2) is 48.8 Å². The van der Waals surface area contributed by atoms with Crippen LogP contribution in [0.5, 0.6) is 0 Å². The van der Waals surface area contributed by atoms with Crippen LogP contribution >= 0.6 is 0 Å². The van der Waals surface area contributed by atoms with Crippen LogP contribution in [0, 0.1) is 5.92 Å². The third-order valence-electron chi connectivity index (χ3n) is 3.74. The lowest BCUT2D eigenvalue weighted by Gasteiger charge is -2.23. The van der Waals surface area contributed by atoms with Crippen LogP contribution < -0.4 is 5.32 Å². The zero-order chi connectivity index (χ0) is 13.1. The van der Waals surface area contributed by atoms with Gasteiger partial charge in [-0.1, -0.05) is 30.3 Å². The molecule has 1 aliphatic carbocycles. The molecule has 1 N–H and O–H groups in total. The molecule has 2 atom stereocenters. The van der Waals surface area contributed by atoms with Gasteiger partial charge >= 0.3 is 0 Å². The maximum absolute atomic E-state index is 4.27. The Morgan fingerprint density at radius 1 is 1.26 bits per heavy atom. The molecule has 1 aliphatic rings. The number of hydrogen-bond donors (Lipinski definition) is 1. The van der Waals surface area contributed by atoms with Crippen molar-refractivity contribution in [1.82, 2.24) is 15.1 Å². The maximum Gasteiger partial charge on any atom is 0.0560 e. The van der Waals surface area contributed by atoms with E-state index < -0.39 is 0 Å². The van der Waals surface area contributed by atoms with E-state index in [-0.39, 0.29) is 0 Å². The van der Waals surface area contributed by atoms with E-state index >= 15 is 0 Å². The molecule has 3 heteroatoms. The molecule has 2 unspecified atom stereocenters. The predicted octanol–water partition coefficient (Wildman–Crippen LogP) is 3.01. The molecule has 0 radical (unpaired) electrons. The average molecular weight is 255 g/mol. The highest BCUT2D eigenvalue weighted by molar-refractivity contribution is 5.21. The van der Waals surface area contributed by atoms with Crippen molar-refractivity contribution in [2.45, 2.75) is 38.4 Å². The number of nitrogens with zero attached hydrogens (tertiary/aromatic N) is 2. The summed E-state index contributed by atoms with van der Waals surface area (Å²) in [5.41, 5.74) is 1.41. The number of nitrogens with one attached hydrogen (secondary N) is 1. The van der Waals surface area contributed by atoms with Crippen molar-refractivity contribution in [3.63, 3.8) is 0 Å². The fraction of sp³-hybridized carbons (Fsp3) is 0.438. The van der Waals surface area contributed by atoms with Gasteiger partial charge in [0.2, 0.25) is 0 Å². The van der Waals surface area contributed by atoms with Gasteiger partial charge in [-0.05, 0) is 37.3 Å². The molecule has 0 bridgehead atoms. The molecule has 0 amide bonds. The van der Waals surface area contributed by atoms with Gasteiger partial charge in [0.25, 0.3) is 0 Å². The van der Waals surface area contributed by atoms with Crippen molar-refractivity contribution in [3.05, 3.63) is 54.4 Å². The van der Waals surface area contributed by atoms with Crippen LogP contribution in [0.1, 0.15) is 31.4 Å². The van der Waals surface area contributed by atoms with Crippen molar-refractivity contribution in [3.8, 4) is 0 Å². The second-order valence-electron chi connectivity index (χ2n) is 5.52. The molecule has 3 nitrogen and oxygen atoms in total. The first-order valence-electron chi connectivity index (χ1n) is 7.11. The molecule has 1 saturated carbocycles. The zero-order valence-corrected chi connectivity index (χ0v) is 11.4. The fourth-order valence-corrected chi connectivity index (χ4v) is 2.64. The largest absolute Gasteiger partial charge is 0.305 e. The summed E-state index contributed by atoms with van der Waals surface area (Å²) < 4.78 is 1.99. The first kappa shape index (κ1) is 12.4. The SMILES string of the molecule is CC(Cn1cccn1)NC(c1ccccc1)C1CC1. The van der Waals surface area contributed by atoms with E-state index in [2.05, 4.69) is 47.7 Å². The van der Waals surface area contributed by atoms with E-state index in [0.29, 0.717) is 12.1 Å². The van der Waals surface area contributed by atoms with Gasteiger partial charge in [-0.15, -0.1) is 0 Å². The Kier molecular flexibility index (Phi) is 3.65. The molecular weight excluding hydrogens is 234 g/mol. The minimum atomic E-state index is 0.422. The van der Waals surface area contributed by atoms with Crippen LogP contribution in [0.4, 0.5) is 0 Å². The Balaban J connectivity index is 1.65. The lowest BCUT2D eigenvalue weighted by Crippen LogP contribution is -2.35. The summed E-state index contributed by atoms with van der Waals surface area (Å²) in [5, 5.41) is 8.05. The van der Waals surface area contributed by atoms with E-state index in [4.69, 9.17) is 0 Å². The Morgan fingerprint density at radius 2 is 2.05 bits per heavy atom. The van der Waals surface area contributed by atoms with Gasteiger partial charge in [0, 0.05) is 24.5 Å². The van der Waals surface area contributed by atoms with Gasteiger partial charge in [-0.3, -0.25) is 4.68 Å². The predicted molar refractivity (Wildman–Crippen MR) is 76.7 cm³/mol. The zero-order valence-electron chi connectivity index (χ0n) is 11.4. The summed E-state index contributed by atoms with van der Waals surface area (Å²) in [6.07, 6.45) is 6.55. The first-order chi connectivity index (χ1) is 9.33. The van der Waals surface area contributed by atoms with E-state index in [1.807, 2.05) is 23.1 Å². The van der Waals surface area contributed by atoms with Crippen molar-refractivity contribution >= 4 is 0 Å². The lowest BCUT2D eigenvalue weighted by atomic mass is 10.0. The van der Waals surface area contributed by atoms with Crippen molar-refractivity contribution in [2.75, 3.05) is 0 Å². The first-order valence-corrected chi connectivity index (χ1v) is 7.11. The summed E-state index contributed by atoms with van der Waals surface area (Å²) >= 11 is 0. The minimum Gasteiger partial charge on any atom is -0.305 e. The average Bonchev–Trinajstić information content (AvgIpc) is 3.15. The molecule has 0 aliphatic heterocycles. The van der Waals surface area contributed by atoms with Crippen LogP contribution in [0.2, 0.25) is 0 Å². The molecule has 1 aromatic carbocycles. The number of aromatic nitrogens is 2. The van der Waals surface area contributed by atoms with Crippen LogP contribution in [0.3, 0.4) is 0 Å². The fourth-order valence-electron chi connectivity index (χ4n) is 2.64. The van der Waals surface area contributed by atoms with E-state index in [9.17, 15) is 0 Å². The van der Waals surface area contributed by atoms with E-state index in [1.165, 1.54) is 18.4 Å². The number of benzene rings is 1. The highest BCUT2D eigenvalue weighted by Gasteiger charge is 2.32. The summed E-state index contributed by atoms with van der Waals surface area (Å²) in [4.78, 5) is 0. The molecule has 0 saturated heterocycles. The Hall–Kier alpha value is -1.61. The monoisotopic (exact) mass is 255 g/mol. The van der Waals surface area contributed by atoms with Crippen molar-refractivity contribution < 1.29 is 0 Å². The van der Waals surface area contributed by atoms with Crippen LogP contribution in [-0.2, 0) is 6.54 Å². The van der Waals surface area contributed by atoms with Crippen LogP contribution in [0.25, 0.3) is 0 Å². The smallest absolute Gasteiger partial charge is 0.0560 e. The standard InChI is InChI=1S/C16H21N3/c1-13(12-19-11-5-10-17-19)18-16(15-8-9-15)14-6-3-2-4-7-14/h2-7,10-11,13,15-16,18H,8-9,12H2,1H3. The van der Waals surface area contributed by atoms with E-state index in [0.717, 1.165) is 12.5 Å². The molecule has 2 aromatic rings. The third kappa shape index (κ3) is 3.24. The lowest BCUT2D eigenvalue weighted by molar-refractivity contribution is 0.375. The van der Waals surface area contributed by atoms with Gasteiger partial charge in [0.15, 0.2) is 0 Å². The van der Waals surface area contributed by atoms with Gasteiger partial charge in [0.1, 0.15) is 0 Å². The van der Waals surface area contributed by atoms with E-state index in [1.54, 1.807) is 0 Å². The van der Waals surface area contributed by atoms with Gasteiger partial charge in [-0.25, -0.2) is 0 Å². The molecule has 100 valence electrons. The second-order valence-corrected chi connectivity index (χ2v) is 5.52. The topological polar surface area (TPSA) is 29.9 Å². The Labute approximate surface area is 114 Å². The highest BCUT2D eigenvalue weighted by atomic mass is 15.3. The Bertz CT molecular complexity index is 488. The number of rotatable bonds is 6.